The number of amides is 2. The van der Waals surface area contributed by atoms with Gasteiger partial charge in [0, 0.05) is 55.1 Å². The summed E-state index contributed by atoms with van der Waals surface area (Å²) in [7, 11) is 0. The number of halogens is 1. The van der Waals surface area contributed by atoms with E-state index in [1.165, 1.54) is 12.5 Å². The number of nitrogens with zero attached hydrogens (tertiary/aromatic N) is 2. The fourth-order valence-electron chi connectivity index (χ4n) is 3.16. The van der Waals surface area contributed by atoms with Crippen LogP contribution in [-0.2, 0) is 4.79 Å². The number of rotatable bonds is 3. The second-order valence-electron chi connectivity index (χ2n) is 6.47. The lowest BCUT2D eigenvalue weighted by atomic mass is 10.1. The van der Waals surface area contributed by atoms with E-state index < -0.39 is 0 Å². The van der Waals surface area contributed by atoms with Crippen molar-refractivity contribution in [3.63, 3.8) is 0 Å². The number of anilines is 2. The molecule has 26 heavy (non-hydrogen) atoms. The number of benzene rings is 2. The molecule has 0 spiro atoms. The van der Waals surface area contributed by atoms with Crippen LogP contribution in [0.15, 0.2) is 42.5 Å². The molecule has 1 heterocycles. The fourth-order valence-corrected chi connectivity index (χ4v) is 3.32. The Labute approximate surface area is 158 Å². The standard InChI is InChI=1S/C20H22ClN3O2/c1-14-3-6-17(21)13-19(14)23-9-11-24(12-10-23)20(26)16-4-7-18(8-5-16)22-15(2)25/h3-8,13H,9-12H2,1-2H3,(H,22,25). The van der Waals surface area contributed by atoms with E-state index in [1.54, 1.807) is 24.3 Å². The van der Waals surface area contributed by atoms with Crippen molar-refractivity contribution in [2.45, 2.75) is 13.8 Å². The lowest BCUT2D eigenvalue weighted by molar-refractivity contribution is -0.114. The number of nitrogens with one attached hydrogen (secondary N) is 1. The van der Waals surface area contributed by atoms with E-state index >= 15 is 0 Å². The van der Waals surface area contributed by atoms with Gasteiger partial charge in [0.2, 0.25) is 5.91 Å². The predicted octanol–water partition coefficient (Wildman–Crippen LogP) is 3.57. The number of aryl methyl sites for hydroxylation is 1. The number of hydrogen-bond acceptors (Lipinski definition) is 3. The Balaban J connectivity index is 1.63. The lowest BCUT2D eigenvalue weighted by Gasteiger charge is -2.37. The Bertz CT molecular complexity index is 812. The summed E-state index contributed by atoms with van der Waals surface area (Å²) in [5, 5.41) is 3.43. The first-order chi connectivity index (χ1) is 12.4. The summed E-state index contributed by atoms with van der Waals surface area (Å²) >= 11 is 6.12. The van der Waals surface area contributed by atoms with Crippen molar-refractivity contribution >= 4 is 34.8 Å². The van der Waals surface area contributed by atoms with E-state index in [9.17, 15) is 9.59 Å². The zero-order valence-corrected chi connectivity index (χ0v) is 15.7. The van der Waals surface area contributed by atoms with Gasteiger partial charge >= 0.3 is 0 Å². The van der Waals surface area contributed by atoms with Crippen LogP contribution in [0.3, 0.4) is 0 Å². The molecule has 0 aromatic heterocycles. The second kappa shape index (κ2) is 7.79. The van der Waals surface area contributed by atoms with Crippen molar-refractivity contribution in [2.75, 3.05) is 36.4 Å². The summed E-state index contributed by atoms with van der Waals surface area (Å²) in [6, 6.07) is 12.9. The molecule has 2 aromatic carbocycles. The predicted molar refractivity (Wildman–Crippen MR) is 105 cm³/mol. The Hall–Kier alpha value is -2.53. The summed E-state index contributed by atoms with van der Waals surface area (Å²) in [5.41, 5.74) is 3.63. The smallest absolute Gasteiger partial charge is 0.253 e. The van der Waals surface area contributed by atoms with Crippen molar-refractivity contribution < 1.29 is 9.59 Å². The molecular weight excluding hydrogens is 350 g/mol. The summed E-state index contributed by atoms with van der Waals surface area (Å²) < 4.78 is 0. The van der Waals surface area contributed by atoms with Gasteiger partial charge in [0.05, 0.1) is 0 Å². The van der Waals surface area contributed by atoms with Crippen LogP contribution in [0.2, 0.25) is 5.02 Å². The molecule has 0 bridgehead atoms. The molecular formula is C20H22ClN3O2. The van der Waals surface area contributed by atoms with Gasteiger partial charge < -0.3 is 15.1 Å². The Kier molecular flexibility index (Phi) is 5.47. The van der Waals surface area contributed by atoms with E-state index in [0.29, 0.717) is 24.3 Å². The van der Waals surface area contributed by atoms with E-state index in [-0.39, 0.29) is 11.8 Å². The van der Waals surface area contributed by atoms with Crippen LogP contribution in [0.25, 0.3) is 0 Å². The molecule has 0 unspecified atom stereocenters. The lowest BCUT2D eigenvalue weighted by Crippen LogP contribution is -2.49. The largest absolute Gasteiger partial charge is 0.368 e. The van der Waals surface area contributed by atoms with Crippen molar-refractivity contribution in [1.82, 2.24) is 4.90 Å². The minimum Gasteiger partial charge on any atom is -0.368 e. The maximum absolute atomic E-state index is 12.7. The minimum atomic E-state index is -0.128. The van der Waals surface area contributed by atoms with E-state index in [4.69, 9.17) is 11.6 Å². The van der Waals surface area contributed by atoms with Gasteiger partial charge in [-0.2, -0.15) is 0 Å². The van der Waals surface area contributed by atoms with Crippen molar-refractivity contribution in [2.24, 2.45) is 0 Å². The number of carbonyl (C=O) groups excluding carboxylic acids is 2. The molecule has 2 amide bonds. The molecule has 0 aliphatic carbocycles. The maximum atomic E-state index is 12.7. The third-order valence-corrected chi connectivity index (χ3v) is 4.77. The average Bonchev–Trinajstić information content (AvgIpc) is 2.63. The zero-order chi connectivity index (χ0) is 18.7. The van der Waals surface area contributed by atoms with Crippen molar-refractivity contribution in [3.8, 4) is 0 Å². The van der Waals surface area contributed by atoms with Gasteiger partial charge in [0.1, 0.15) is 0 Å². The summed E-state index contributed by atoms with van der Waals surface area (Å²) in [6.45, 7) is 6.41. The van der Waals surface area contributed by atoms with Crippen molar-refractivity contribution in [1.29, 1.82) is 0 Å². The molecule has 136 valence electrons. The SMILES string of the molecule is CC(=O)Nc1ccc(C(=O)N2CCN(c3cc(Cl)ccc3C)CC2)cc1. The van der Waals surface area contributed by atoms with Gasteiger partial charge in [-0.15, -0.1) is 0 Å². The highest BCUT2D eigenvalue weighted by Crippen LogP contribution is 2.25. The minimum absolute atomic E-state index is 0.0156. The molecule has 6 heteroatoms. The highest BCUT2D eigenvalue weighted by atomic mass is 35.5. The molecule has 0 saturated carbocycles. The molecule has 5 nitrogen and oxygen atoms in total. The first-order valence-corrected chi connectivity index (χ1v) is 9.00. The van der Waals surface area contributed by atoms with Crippen molar-refractivity contribution in [3.05, 3.63) is 58.6 Å². The third kappa shape index (κ3) is 4.17. The summed E-state index contributed by atoms with van der Waals surface area (Å²) in [4.78, 5) is 27.9. The molecule has 1 fully saturated rings. The first-order valence-electron chi connectivity index (χ1n) is 8.62. The fraction of sp³-hybridized carbons (Fsp3) is 0.300. The highest BCUT2D eigenvalue weighted by molar-refractivity contribution is 6.30. The Morgan fingerprint density at radius 3 is 2.27 bits per heavy atom. The van der Waals surface area contributed by atoms with Gasteiger partial charge in [-0.25, -0.2) is 0 Å². The average molecular weight is 372 g/mol. The van der Waals surface area contributed by atoms with Crippen LogP contribution in [0, 0.1) is 6.92 Å². The van der Waals surface area contributed by atoms with Crippen LogP contribution in [0.5, 0.6) is 0 Å². The normalized spacial score (nSPS) is 14.3. The molecule has 0 radical (unpaired) electrons. The Morgan fingerprint density at radius 2 is 1.65 bits per heavy atom. The van der Waals surface area contributed by atoms with E-state index in [2.05, 4.69) is 17.1 Å². The van der Waals surface area contributed by atoms with Crippen LogP contribution in [0.4, 0.5) is 11.4 Å². The van der Waals surface area contributed by atoms with Crippen LogP contribution in [-0.4, -0.2) is 42.9 Å². The Morgan fingerprint density at radius 1 is 1.00 bits per heavy atom. The second-order valence-corrected chi connectivity index (χ2v) is 6.91. The summed E-state index contributed by atoms with van der Waals surface area (Å²) in [5.74, 6) is -0.113. The number of hydrogen-bond donors (Lipinski definition) is 1. The van der Waals surface area contributed by atoms with Crippen LogP contribution < -0.4 is 10.2 Å². The molecule has 1 N–H and O–H groups in total. The molecule has 1 aliphatic heterocycles. The van der Waals surface area contributed by atoms with E-state index in [0.717, 1.165) is 23.8 Å². The topological polar surface area (TPSA) is 52.7 Å². The summed E-state index contributed by atoms with van der Waals surface area (Å²) in [6.07, 6.45) is 0. The number of carbonyl (C=O) groups is 2. The van der Waals surface area contributed by atoms with Gasteiger partial charge in [0.25, 0.3) is 5.91 Å². The molecule has 0 atom stereocenters. The monoisotopic (exact) mass is 371 g/mol. The quantitative estimate of drug-likeness (QED) is 0.897. The van der Waals surface area contributed by atoms with Gasteiger partial charge in [-0.1, -0.05) is 17.7 Å². The van der Waals surface area contributed by atoms with E-state index in [1.807, 2.05) is 23.1 Å². The van der Waals surface area contributed by atoms with Gasteiger partial charge in [-0.05, 0) is 48.9 Å². The zero-order valence-electron chi connectivity index (χ0n) is 15.0. The maximum Gasteiger partial charge on any atom is 0.253 e. The van der Waals surface area contributed by atoms with Gasteiger partial charge in [0.15, 0.2) is 0 Å². The number of piperazine rings is 1. The van der Waals surface area contributed by atoms with Crippen LogP contribution >= 0.6 is 11.6 Å². The third-order valence-electron chi connectivity index (χ3n) is 4.53. The first kappa shape index (κ1) is 18.3. The highest BCUT2D eigenvalue weighted by Gasteiger charge is 2.23. The molecule has 2 aromatic rings. The molecule has 1 saturated heterocycles. The molecule has 3 rings (SSSR count). The van der Waals surface area contributed by atoms with Crippen LogP contribution in [0.1, 0.15) is 22.8 Å². The molecule has 1 aliphatic rings. The van der Waals surface area contributed by atoms with Gasteiger partial charge in [-0.3, -0.25) is 9.59 Å².